The summed E-state index contributed by atoms with van der Waals surface area (Å²) in [5.74, 6) is 1.57. The Labute approximate surface area is 169 Å². The van der Waals surface area contributed by atoms with E-state index in [1.165, 1.54) is 22.5 Å². The molecule has 4 nitrogen and oxygen atoms in total. The summed E-state index contributed by atoms with van der Waals surface area (Å²) in [6.45, 7) is 6.24. The van der Waals surface area contributed by atoms with Gasteiger partial charge in [-0.25, -0.2) is 4.98 Å². The highest BCUT2D eigenvalue weighted by Crippen LogP contribution is 2.48. The standard InChI is InChI=1S/C23H24N2O2S/c1-5-14-8-6-7-9-15(14)21-19(25-22(24)28-21)17-10-11-18(26-4)16-12-13-23(2,3)27-20(16)17/h6-13H,5H2,1-4H3,(H2,24,25). The Hall–Kier alpha value is -2.79. The molecule has 0 radical (unpaired) electrons. The first-order valence-electron chi connectivity index (χ1n) is 9.37. The number of hydrogen-bond acceptors (Lipinski definition) is 5. The molecule has 2 aromatic carbocycles. The lowest BCUT2D eigenvalue weighted by Crippen LogP contribution is -2.28. The summed E-state index contributed by atoms with van der Waals surface area (Å²) in [6, 6.07) is 12.4. The fourth-order valence-electron chi connectivity index (χ4n) is 3.55. The number of nitrogen functional groups attached to an aromatic ring is 1. The van der Waals surface area contributed by atoms with Crippen molar-refractivity contribution in [1.82, 2.24) is 4.98 Å². The minimum absolute atomic E-state index is 0.406. The number of ether oxygens (including phenoxy) is 2. The van der Waals surface area contributed by atoms with Crippen LogP contribution >= 0.6 is 11.3 Å². The van der Waals surface area contributed by atoms with Gasteiger partial charge in [-0.1, -0.05) is 42.5 Å². The van der Waals surface area contributed by atoms with E-state index in [4.69, 9.17) is 20.2 Å². The van der Waals surface area contributed by atoms with Crippen LogP contribution in [-0.2, 0) is 6.42 Å². The number of fused-ring (bicyclic) bond motifs is 1. The Morgan fingerprint density at radius 3 is 2.68 bits per heavy atom. The number of aryl methyl sites for hydroxylation is 1. The van der Waals surface area contributed by atoms with Crippen molar-refractivity contribution in [2.45, 2.75) is 32.8 Å². The van der Waals surface area contributed by atoms with Gasteiger partial charge in [0.1, 0.15) is 17.1 Å². The van der Waals surface area contributed by atoms with Crippen LogP contribution in [0.1, 0.15) is 31.9 Å². The number of nitrogens with two attached hydrogens (primary N) is 1. The second-order valence-corrected chi connectivity index (χ2v) is 8.37. The van der Waals surface area contributed by atoms with Gasteiger partial charge in [-0.05, 0) is 55.7 Å². The molecule has 0 bridgehead atoms. The van der Waals surface area contributed by atoms with Crippen molar-refractivity contribution in [3.8, 4) is 33.2 Å². The highest BCUT2D eigenvalue weighted by molar-refractivity contribution is 7.19. The van der Waals surface area contributed by atoms with Gasteiger partial charge in [0.25, 0.3) is 0 Å². The quantitative estimate of drug-likeness (QED) is 0.608. The van der Waals surface area contributed by atoms with Crippen molar-refractivity contribution in [2.24, 2.45) is 0 Å². The molecule has 0 aliphatic carbocycles. The van der Waals surface area contributed by atoms with E-state index in [0.717, 1.165) is 39.6 Å². The van der Waals surface area contributed by atoms with Gasteiger partial charge in [0, 0.05) is 5.56 Å². The van der Waals surface area contributed by atoms with E-state index in [1.54, 1.807) is 7.11 Å². The van der Waals surface area contributed by atoms with Gasteiger partial charge < -0.3 is 15.2 Å². The third-order valence-corrected chi connectivity index (χ3v) is 5.85. The van der Waals surface area contributed by atoms with E-state index in [1.807, 2.05) is 32.1 Å². The molecule has 0 amide bonds. The number of methoxy groups -OCH3 is 1. The predicted octanol–water partition coefficient (Wildman–Crippen LogP) is 5.81. The van der Waals surface area contributed by atoms with Crippen LogP contribution in [0.3, 0.4) is 0 Å². The van der Waals surface area contributed by atoms with Crippen molar-refractivity contribution < 1.29 is 9.47 Å². The Morgan fingerprint density at radius 1 is 1.14 bits per heavy atom. The molecule has 1 aliphatic heterocycles. The third kappa shape index (κ3) is 3.16. The Bertz CT molecular complexity index is 1070. The highest BCUT2D eigenvalue weighted by Gasteiger charge is 2.29. The Morgan fingerprint density at radius 2 is 1.93 bits per heavy atom. The summed E-state index contributed by atoms with van der Waals surface area (Å²) < 4.78 is 11.9. The summed E-state index contributed by atoms with van der Waals surface area (Å²) in [6.07, 6.45) is 5.06. The maximum Gasteiger partial charge on any atom is 0.181 e. The first-order valence-corrected chi connectivity index (χ1v) is 10.2. The van der Waals surface area contributed by atoms with E-state index in [0.29, 0.717) is 5.13 Å². The minimum Gasteiger partial charge on any atom is -0.496 e. The van der Waals surface area contributed by atoms with Crippen LogP contribution in [0.5, 0.6) is 11.5 Å². The van der Waals surface area contributed by atoms with Gasteiger partial charge in [0.15, 0.2) is 5.13 Å². The van der Waals surface area contributed by atoms with E-state index in [-0.39, 0.29) is 0 Å². The van der Waals surface area contributed by atoms with E-state index in [9.17, 15) is 0 Å². The van der Waals surface area contributed by atoms with Crippen molar-refractivity contribution in [3.05, 3.63) is 53.6 Å². The topological polar surface area (TPSA) is 57.4 Å². The zero-order valence-corrected chi connectivity index (χ0v) is 17.4. The van der Waals surface area contributed by atoms with Crippen LogP contribution in [0, 0.1) is 0 Å². The van der Waals surface area contributed by atoms with E-state index < -0.39 is 5.60 Å². The molecule has 0 saturated heterocycles. The number of benzene rings is 2. The fraction of sp³-hybridized carbons (Fsp3) is 0.261. The van der Waals surface area contributed by atoms with Crippen LogP contribution < -0.4 is 15.2 Å². The molecule has 2 heterocycles. The van der Waals surface area contributed by atoms with Crippen LogP contribution in [0.4, 0.5) is 5.13 Å². The maximum absolute atomic E-state index is 6.36. The number of nitrogens with zero attached hydrogens (tertiary/aromatic N) is 1. The van der Waals surface area contributed by atoms with Crippen LogP contribution in [0.2, 0.25) is 0 Å². The number of anilines is 1. The van der Waals surface area contributed by atoms with Gasteiger partial charge in [-0.15, -0.1) is 0 Å². The Kier molecular flexibility index (Phi) is 4.63. The van der Waals surface area contributed by atoms with E-state index in [2.05, 4.69) is 37.3 Å². The molecular weight excluding hydrogens is 368 g/mol. The first-order chi connectivity index (χ1) is 13.4. The van der Waals surface area contributed by atoms with Crippen molar-refractivity contribution in [1.29, 1.82) is 0 Å². The van der Waals surface area contributed by atoms with Gasteiger partial charge in [-0.2, -0.15) is 0 Å². The van der Waals surface area contributed by atoms with Crippen molar-refractivity contribution in [3.63, 3.8) is 0 Å². The molecule has 144 valence electrons. The second kappa shape index (κ2) is 6.99. The summed E-state index contributed by atoms with van der Waals surface area (Å²) >= 11 is 1.51. The summed E-state index contributed by atoms with van der Waals surface area (Å²) in [5, 5.41) is 0.547. The highest BCUT2D eigenvalue weighted by atomic mass is 32.1. The maximum atomic E-state index is 6.36. The SMILES string of the molecule is CCc1ccccc1-c1sc(N)nc1-c1ccc(OC)c2c1OC(C)(C)C=C2. The molecule has 3 aromatic rings. The molecule has 4 rings (SSSR count). The van der Waals surface area contributed by atoms with E-state index >= 15 is 0 Å². The zero-order valence-electron chi connectivity index (χ0n) is 16.6. The molecule has 0 spiro atoms. The molecule has 5 heteroatoms. The van der Waals surface area contributed by atoms with Crippen LogP contribution in [0.15, 0.2) is 42.5 Å². The summed E-state index contributed by atoms with van der Waals surface area (Å²) in [4.78, 5) is 5.76. The number of aromatic nitrogens is 1. The molecular formula is C23H24N2O2S. The second-order valence-electron chi connectivity index (χ2n) is 7.34. The lowest BCUT2D eigenvalue weighted by Gasteiger charge is -2.30. The zero-order chi connectivity index (χ0) is 19.9. The first kappa shape index (κ1) is 18.6. The van der Waals surface area contributed by atoms with Crippen molar-refractivity contribution >= 4 is 22.5 Å². The predicted molar refractivity (Wildman–Crippen MR) is 117 cm³/mol. The van der Waals surface area contributed by atoms with Crippen molar-refractivity contribution in [2.75, 3.05) is 12.8 Å². The van der Waals surface area contributed by atoms with Gasteiger partial charge in [0.05, 0.1) is 23.2 Å². The average molecular weight is 393 g/mol. The fourth-order valence-corrected chi connectivity index (χ4v) is 4.45. The number of thiazole rings is 1. The van der Waals surface area contributed by atoms with Gasteiger partial charge in [0.2, 0.25) is 0 Å². The van der Waals surface area contributed by atoms with Crippen LogP contribution in [-0.4, -0.2) is 17.7 Å². The Balaban J connectivity index is 1.96. The largest absolute Gasteiger partial charge is 0.496 e. The molecule has 28 heavy (non-hydrogen) atoms. The molecule has 0 unspecified atom stereocenters. The smallest absolute Gasteiger partial charge is 0.181 e. The molecule has 1 aromatic heterocycles. The minimum atomic E-state index is -0.406. The molecule has 0 atom stereocenters. The normalized spacial score (nSPS) is 14.4. The summed E-state index contributed by atoms with van der Waals surface area (Å²) in [7, 11) is 1.67. The number of rotatable bonds is 4. The van der Waals surface area contributed by atoms with Crippen LogP contribution in [0.25, 0.3) is 27.8 Å². The number of hydrogen-bond donors (Lipinski definition) is 1. The molecule has 0 saturated carbocycles. The molecule has 2 N–H and O–H groups in total. The lowest BCUT2D eigenvalue weighted by atomic mass is 9.95. The lowest BCUT2D eigenvalue weighted by molar-refractivity contribution is 0.159. The van der Waals surface area contributed by atoms with Gasteiger partial charge in [-0.3, -0.25) is 0 Å². The summed E-state index contributed by atoms with van der Waals surface area (Å²) in [5.41, 5.74) is 10.9. The average Bonchev–Trinajstić information content (AvgIpc) is 3.07. The monoisotopic (exact) mass is 392 g/mol. The van der Waals surface area contributed by atoms with Gasteiger partial charge >= 0.3 is 0 Å². The molecule has 1 aliphatic rings. The third-order valence-electron chi connectivity index (χ3n) is 4.93. The molecule has 0 fully saturated rings.